The summed E-state index contributed by atoms with van der Waals surface area (Å²) in [5.41, 5.74) is 0.763. The Morgan fingerprint density at radius 2 is 1.75 bits per heavy atom. The van der Waals surface area contributed by atoms with E-state index in [4.69, 9.17) is 0 Å². The van der Waals surface area contributed by atoms with Crippen LogP contribution in [0.2, 0.25) is 0 Å². The molecule has 11 heteroatoms. The van der Waals surface area contributed by atoms with E-state index in [1.165, 1.54) is 23.4 Å². The van der Waals surface area contributed by atoms with Crippen molar-refractivity contribution >= 4 is 27.4 Å². The van der Waals surface area contributed by atoms with Crippen LogP contribution in [0.15, 0.2) is 41.4 Å². The van der Waals surface area contributed by atoms with E-state index in [1.54, 1.807) is 21.9 Å². The summed E-state index contributed by atoms with van der Waals surface area (Å²) in [4.78, 5) is 19.3. The normalized spacial score (nSPS) is 17.9. The second kappa shape index (κ2) is 8.36. The summed E-state index contributed by atoms with van der Waals surface area (Å²) >= 11 is 0. The average Bonchev–Trinajstić information content (AvgIpc) is 2.77. The number of aromatic nitrogens is 1. The van der Waals surface area contributed by atoms with Crippen LogP contribution in [-0.4, -0.2) is 56.3 Å². The number of amides is 1. The van der Waals surface area contributed by atoms with Crippen LogP contribution >= 0.6 is 0 Å². The van der Waals surface area contributed by atoms with Crippen molar-refractivity contribution in [2.45, 2.75) is 30.8 Å². The van der Waals surface area contributed by atoms with Gasteiger partial charge in [0, 0.05) is 51.5 Å². The zero-order chi connectivity index (χ0) is 23.1. The summed E-state index contributed by atoms with van der Waals surface area (Å²) in [6.07, 6.45) is -2.19. The lowest BCUT2D eigenvalue weighted by molar-refractivity contribution is -0.137. The minimum Gasteiger partial charge on any atom is -0.354 e. The van der Waals surface area contributed by atoms with Gasteiger partial charge < -0.3 is 9.80 Å². The molecular weight excluding hydrogens is 445 g/mol. The highest BCUT2D eigenvalue weighted by Gasteiger charge is 2.32. The number of hydrogen-bond acceptors (Lipinski definition) is 5. The number of piperazine rings is 1. The Bertz CT molecular complexity index is 1110. The van der Waals surface area contributed by atoms with Gasteiger partial charge in [0.1, 0.15) is 5.82 Å². The Kier molecular flexibility index (Phi) is 5.89. The van der Waals surface area contributed by atoms with Gasteiger partial charge in [0.05, 0.1) is 10.5 Å². The van der Waals surface area contributed by atoms with Crippen LogP contribution in [0.25, 0.3) is 0 Å². The smallest absolute Gasteiger partial charge is 0.354 e. The second-order valence-corrected chi connectivity index (χ2v) is 9.80. The van der Waals surface area contributed by atoms with Crippen molar-refractivity contribution in [3.63, 3.8) is 0 Å². The molecule has 0 unspecified atom stereocenters. The van der Waals surface area contributed by atoms with Crippen LogP contribution in [0.1, 0.15) is 24.5 Å². The molecule has 7 nitrogen and oxygen atoms in total. The van der Waals surface area contributed by atoms with Gasteiger partial charge in [-0.05, 0) is 48.7 Å². The molecule has 3 heterocycles. The van der Waals surface area contributed by atoms with E-state index in [0.29, 0.717) is 31.9 Å². The first-order valence-electron chi connectivity index (χ1n) is 10.3. The van der Waals surface area contributed by atoms with Crippen molar-refractivity contribution in [3.8, 4) is 0 Å². The van der Waals surface area contributed by atoms with Gasteiger partial charge in [-0.3, -0.25) is 4.79 Å². The molecule has 32 heavy (non-hydrogen) atoms. The van der Waals surface area contributed by atoms with Crippen LogP contribution in [0.5, 0.6) is 0 Å². The van der Waals surface area contributed by atoms with Gasteiger partial charge in [0.25, 0.3) is 0 Å². The molecule has 1 aromatic heterocycles. The minimum atomic E-state index is -4.45. The van der Waals surface area contributed by atoms with Gasteiger partial charge in [0.15, 0.2) is 0 Å². The predicted molar refractivity (Wildman–Crippen MR) is 113 cm³/mol. The topological polar surface area (TPSA) is 73.8 Å². The van der Waals surface area contributed by atoms with Gasteiger partial charge in [0.2, 0.25) is 15.9 Å². The molecule has 2 aromatic rings. The van der Waals surface area contributed by atoms with Crippen LogP contribution in [0.4, 0.5) is 24.7 Å². The van der Waals surface area contributed by atoms with Crippen molar-refractivity contribution in [1.82, 2.24) is 9.29 Å². The van der Waals surface area contributed by atoms with Gasteiger partial charge in [-0.15, -0.1) is 0 Å². The largest absolute Gasteiger partial charge is 0.417 e. The number of benzene rings is 1. The Hall–Kier alpha value is -2.66. The number of hydrogen-bond donors (Lipinski definition) is 0. The first-order chi connectivity index (χ1) is 15.1. The molecule has 0 bridgehead atoms. The molecule has 2 aliphatic heterocycles. The van der Waals surface area contributed by atoms with Crippen molar-refractivity contribution in [2.75, 3.05) is 42.5 Å². The Morgan fingerprint density at radius 1 is 1.03 bits per heavy atom. The maximum Gasteiger partial charge on any atom is 0.417 e. The van der Waals surface area contributed by atoms with E-state index in [-0.39, 0.29) is 23.9 Å². The number of sulfonamides is 1. The zero-order valence-corrected chi connectivity index (χ0v) is 18.3. The van der Waals surface area contributed by atoms with Gasteiger partial charge >= 0.3 is 6.18 Å². The summed E-state index contributed by atoms with van der Waals surface area (Å²) in [6, 6.07) is 7.13. The number of aryl methyl sites for hydroxylation is 1. The van der Waals surface area contributed by atoms with Crippen molar-refractivity contribution < 1.29 is 26.4 Å². The quantitative estimate of drug-likeness (QED) is 0.693. The molecule has 0 aliphatic carbocycles. The SMILES string of the molecule is CC(=O)N1CCCc2cc(S(=O)(=O)N3CCN(c4ccc(C(F)(F)F)cn4)CC3)ccc21. The molecule has 0 spiro atoms. The fraction of sp³-hybridized carbons (Fsp3) is 0.429. The van der Waals surface area contributed by atoms with Crippen LogP contribution < -0.4 is 9.80 Å². The number of carbonyl (C=O) groups is 1. The lowest BCUT2D eigenvalue weighted by Crippen LogP contribution is -2.49. The molecule has 0 N–H and O–H groups in total. The number of anilines is 2. The molecule has 0 radical (unpaired) electrons. The van der Waals surface area contributed by atoms with Crippen molar-refractivity contribution in [3.05, 3.63) is 47.7 Å². The van der Waals surface area contributed by atoms with Crippen LogP contribution in [0, 0.1) is 0 Å². The second-order valence-electron chi connectivity index (χ2n) is 7.86. The number of carbonyl (C=O) groups excluding carboxylic acids is 1. The van der Waals surface area contributed by atoms with Crippen molar-refractivity contribution in [1.29, 1.82) is 0 Å². The first-order valence-corrected chi connectivity index (χ1v) is 11.7. The Morgan fingerprint density at radius 3 is 2.34 bits per heavy atom. The lowest BCUT2D eigenvalue weighted by Gasteiger charge is -2.35. The molecule has 1 amide bonds. The number of rotatable bonds is 3. The van der Waals surface area contributed by atoms with Crippen LogP contribution in [-0.2, 0) is 27.4 Å². The van der Waals surface area contributed by atoms with Gasteiger partial charge in [-0.1, -0.05) is 0 Å². The van der Waals surface area contributed by atoms with E-state index >= 15 is 0 Å². The Balaban J connectivity index is 1.47. The molecule has 0 atom stereocenters. The molecule has 1 aromatic carbocycles. The van der Waals surface area contributed by atoms with E-state index in [1.807, 2.05) is 0 Å². The number of halogens is 3. The number of pyridine rings is 1. The van der Waals surface area contributed by atoms with E-state index in [9.17, 15) is 26.4 Å². The molecule has 172 valence electrons. The van der Waals surface area contributed by atoms with E-state index < -0.39 is 21.8 Å². The van der Waals surface area contributed by atoms with E-state index in [0.717, 1.165) is 29.9 Å². The molecule has 4 rings (SSSR count). The minimum absolute atomic E-state index is 0.0745. The third-order valence-electron chi connectivity index (χ3n) is 5.83. The molecule has 2 aliphatic rings. The summed E-state index contributed by atoms with van der Waals surface area (Å²) in [6.45, 7) is 3.14. The third-order valence-corrected chi connectivity index (χ3v) is 7.72. The lowest BCUT2D eigenvalue weighted by atomic mass is 10.0. The highest BCUT2D eigenvalue weighted by Crippen LogP contribution is 2.32. The number of nitrogens with zero attached hydrogens (tertiary/aromatic N) is 4. The average molecular weight is 469 g/mol. The first kappa shape index (κ1) is 22.5. The molecule has 1 fully saturated rings. The fourth-order valence-corrected chi connectivity index (χ4v) is 5.58. The fourth-order valence-electron chi connectivity index (χ4n) is 4.11. The van der Waals surface area contributed by atoms with Crippen molar-refractivity contribution in [2.24, 2.45) is 0 Å². The van der Waals surface area contributed by atoms with Gasteiger partial charge in [-0.2, -0.15) is 17.5 Å². The maximum absolute atomic E-state index is 13.2. The maximum atomic E-state index is 13.2. The molecule has 0 saturated carbocycles. The summed E-state index contributed by atoms with van der Waals surface area (Å²) in [5.74, 6) is 0.308. The number of alkyl halides is 3. The van der Waals surface area contributed by atoms with Crippen LogP contribution in [0.3, 0.4) is 0 Å². The standard InChI is InChI=1S/C21H23F3N4O3S/c1-15(29)28-8-2-3-16-13-18(5-6-19(16)28)32(30,31)27-11-9-26(10-12-27)20-7-4-17(14-25-20)21(22,23)24/h4-7,13-14H,2-3,8-12H2,1H3. The monoisotopic (exact) mass is 468 g/mol. The molecular formula is C21H23F3N4O3S. The zero-order valence-electron chi connectivity index (χ0n) is 17.5. The third kappa shape index (κ3) is 4.31. The van der Waals surface area contributed by atoms with Gasteiger partial charge in [-0.25, -0.2) is 13.4 Å². The summed E-state index contributed by atoms with van der Waals surface area (Å²) < 4.78 is 65.9. The highest BCUT2D eigenvalue weighted by atomic mass is 32.2. The number of fused-ring (bicyclic) bond motifs is 1. The van der Waals surface area contributed by atoms with E-state index in [2.05, 4.69) is 4.98 Å². The highest BCUT2D eigenvalue weighted by molar-refractivity contribution is 7.89. The predicted octanol–water partition coefficient (Wildman–Crippen LogP) is 2.91. The summed E-state index contributed by atoms with van der Waals surface area (Å²) in [7, 11) is -3.73. The summed E-state index contributed by atoms with van der Waals surface area (Å²) in [5, 5.41) is 0. The molecule has 1 saturated heterocycles. The Labute approximate surface area is 184 Å².